The molecule has 3 aliphatic carbocycles. The molecule has 4 atom stereocenters. The Labute approximate surface area is 699 Å². The summed E-state index contributed by atoms with van der Waals surface area (Å²) in [6.45, 7) is 11.5. The van der Waals surface area contributed by atoms with Gasteiger partial charge in [0.2, 0.25) is 11.6 Å². The van der Waals surface area contributed by atoms with E-state index >= 15 is 0 Å². The van der Waals surface area contributed by atoms with Crippen molar-refractivity contribution in [2.45, 2.75) is 263 Å². The first-order chi connectivity index (χ1) is 51.0. The molecule has 14 rings (SSSR count). The van der Waals surface area contributed by atoms with Gasteiger partial charge in [0.1, 0.15) is 0 Å². The van der Waals surface area contributed by atoms with Crippen molar-refractivity contribution in [2.24, 2.45) is 0 Å². The normalized spacial score (nSPS) is 15.7. The van der Waals surface area contributed by atoms with Crippen molar-refractivity contribution in [3.63, 3.8) is 0 Å². The molecule has 0 radical (unpaired) electrons. The Hall–Kier alpha value is -1.27. The predicted octanol–water partition coefficient (Wildman–Crippen LogP) is 31.3. The fourth-order valence-corrected chi connectivity index (χ4v) is 37.1. The molecule has 0 spiro atoms. The molecule has 0 saturated carbocycles. The fourth-order valence-electron chi connectivity index (χ4n) is 14.2. The first-order valence-corrected chi connectivity index (χ1v) is 81.2. The summed E-state index contributed by atoms with van der Waals surface area (Å²) >= 11 is 15.1. The van der Waals surface area contributed by atoms with Gasteiger partial charge >= 0.3 is 311 Å². The van der Waals surface area contributed by atoms with E-state index in [1.807, 2.05) is 34.0 Å². The molecule has 0 amide bonds. The average Bonchev–Trinajstić information content (AvgIpc) is 1.57. The second kappa shape index (κ2) is 42.4. The fraction of sp³-hybridized carbons (Fsp3) is 0.483. The predicted molar refractivity (Wildman–Crippen MR) is 493 cm³/mol. The van der Waals surface area contributed by atoms with E-state index in [4.69, 9.17) is 8.92 Å². The maximum atomic E-state index is 11.8. The molecular formula is C89H117ClO2S11Sn3. The molecule has 0 N–H and O–H groups in total. The van der Waals surface area contributed by atoms with Crippen LogP contribution in [0.4, 0.5) is 0 Å². The molecule has 2 nitrogen and oxygen atoms in total. The molecular weight excluding hydrogens is 1850 g/mol. The Balaban J connectivity index is 0.000000165. The van der Waals surface area contributed by atoms with Gasteiger partial charge in [0.25, 0.3) is 0 Å². The minimum atomic E-state index is -2.25. The number of carbonyl (C=O) groups excluding carboxylic acids is 2. The van der Waals surface area contributed by atoms with E-state index in [0.29, 0.717) is 44.6 Å². The first-order valence-electron chi connectivity index (χ1n) is 39.8. The van der Waals surface area contributed by atoms with Crippen LogP contribution >= 0.6 is 134 Å². The molecule has 106 heavy (non-hydrogen) atoms. The molecule has 3 aliphatic rings. The van der Waals surface area contributed by atoms with Gasteiger partial charge in [-0.1, -0.05) is 98.5 Å². The summed E-state index contributed by atoms with van der Waals surface area (Å²) in [7, 11) is 5.74. The monoisotopic (exact) mass is 1960 g/mol. The number of hydrogen-bond acceptors (Lipinski definition) is 13. The molecule has 0 aromatic carbocycles. The third kappa shape index (κ3) is 23.7. The minimum absolute atomic E-state index is 0.00847. The second-order valence-electron chi connectivity index (χ2n) is 32.0. The molecule has 17 heteroatoms. The molecule has 0 bridgehead atoms. The molecule has 570 valence electrons. The zero-order chi connectivity index (χ0) is 75.5. The van der Waals surface area contributed by atoms with Crippen LogP contribution < -0.4 is 5.79 Å². The van der Waals surface area contributed by atoms with Crippen LogP contribution in [0.2, 0.25) is 44.5 Å². The van der Waals surface area contributed by atoms with Crippen LogP contribution in [0.1, 0.15) is 303 Å². The van der Waals surface area contributed by atoms with Crippen molar-refractivity contribution in [2.75, 3.05) is 0 Å². The number of carbonyl (C=O) groups is 2. The van der Waals surface area contributed by atoms with E-state index in [1.165, 1.54) is 193 Å². The topological polar surface area (TPSA) is 34.1 Å². The number of fused-ring (bicyclic) bond motifs is 6. The standard InChI is InChI=1S/C30H36S4.C30H34S4.C10H4O2S2.C10H16S.9CH3.ClH.3Sn/c2*1-3-5-7-9-11-21-13-15-25(33-21)27-23-17-19-32-30(23)28(24-18-20-31-29(24)27)26-16-14-22(34-26)12-10-8-6-4-2;11-7-5-1-3-13-9(5)8(12)6-2-4-14-10(6)7;1-2-3-4-5-7-10-8-6-9-11-10;;;;;;;;;;;;;/h13-20,27-28H,3-12H2,1-2H3;13-18,27-28H,3-12H2,1-2H3;1-4H;6,8-9H,2-5,7H2,1H3;9*1H3;1H;;;/q;;;;;;;;;;;;;;;;+1/p-1. The number of halogens is 1. The van der Waals surface area contributed by atoms with Gasteiger partial charge in [-0.2, -0.15) is 0 Å². The Bertz CT molecular complexity index is 4070. The summed E-state index contributed by atoms with van der Waals surface area (Å²) in [5.41, 5.74) is 7.57. The van der Waals surface area contributed by atoms with E-state index in [9.17, 15) is 9.59 Å². The van der Waals surface area contributed by atoms with Gasteiger partial charge < -0.3 is 0 Å². The number of ketones is 2. The van der Waals surface area contributed by atoms with Gasteiger partial charge in [-0.3, -0.25) is 9.59 Å². The molecule has 11 heterocycles. The summed E-state index contributed by atoms with van der Waals surface area (Å²) < 4.78 is 3.50. The zero-order valence-corrected chi connectivity index (χ0v) is 84.1. The third-order valence-corrected chi connectivity index (χ3v) is 50.8. The first kappa shape index (κ1) is 87.1. The Morgan fingerprint density at radius 2 is 0.613 bits per heavy atom. The van der Waals surface area contributed by atoms with E-state index in [2.05, 4.69) is 248 Å². The van der Waals surface area contributed by atoms with Crippen molar-refractivity contribution in [1.82, 2.24) is 0 Å². The summed E-state index contributed by atoms with van der Waals surface area (Å²) in [6.07, 6.45) is 33.2. The van der Waals surface area contributed by atoms with Gasteiger partial charge in [-0.25, -0.2) is 0 Å². The van der Waals surface area contributed by atoms with Crippen molar-refractivity contribution in [3.8, 4) is 0 Å². The zero-order valence-electron chi connectivity index (χ0n) is 65.8. The Kier molecular flexibility index (Phi) is 34.8. The van der Waals surface area contributed by atoms with Gasteiger partial charge in [0, 0.05) is 45.3 Å². The van der Waals surface area contributed by atoms with Crippen molar-refractivity contribution in [3.05, 3.63) is 231 Å². The van der Waals surface area contributed by atoms with Crippen molar-refractivity contribution >= 4 is 205 Å². The van der Waals surface area contributed by atoms with Crippen LogP contribution in [-0.2, 0) is 32.1 Å². The van der Waals surface area contributed by atoms with Crippen LogP contribution in [-0.4, -0.2) is 65.6 Å². The summed E-state index contributed by atoms with van der Waals surface area (Å²) in [5.74, 6) is 1.70. The van der Waals surface area contributed by atoms with Crippen LogP contribution in [0.5, 0.6) is 0 Å². The van der Waals surface area contributed by atoms with Gasteiger partial charge in [-0.15, -0.1) is 79.4 Å². The van der Waals surface area contributed by atoms with Crippen LogP contribution in [0.3, 0.4) is 0 Å². The average molecular weight is 1960 g/mol. The van der Waals surface area contributed by atoms with Crippen LogP contribution in [0, 0.1) is 0 Å². The van der Waals surface area contributed by atoms with Gasteiger partial charge in [0.15, 0.2) is 0 Å². The maximum absolute atomic E-state index is 11.8. The quantitative estimate of drug-likeness (QED) is 0.0321. The number of thiophene rings is 11. The number of rotatable bonds is 31. The number of unbranched alkanes of at least 4 members (excludes halogenated alkanes) is 15. The molecule has 4 unspecified atom stereocenters. The SMILES string of the molecule is CCCCCCc1ccc(C2c3c[c]([Sn]([CH3])([CH3])[CH3])sc3C(c3ccc(CCCCCC)s3)c3c[c]([Sn]([CH3])([CH3])[CH3])sc32)s1.CCCCCCc1ccc(C2c3ccsc3C(c3ccc(CCCCCC)s3)c3ccsc32)s1.CCCCCCc1cccs1.O=C1c2ccsc2C(=O)c2ccsc21.[CH3][Sn]([CH3])([CH3])[Cl]. The number of hydrogen-bond donors (Lipinski definition) is 0. The molecule has 11 aromatic heterocycles. The number of aryl methyl sites for hydroxylation is 5. The van der Waals surface area contributed by atoms with Crippen molar-refractivity contribution in [1.29, 1.82) is 0 Å². The molecule has 0 aliphatic heterocycles. The van der Waals surface area contributed by atoms with E-state index < -0.39 is 54.0 Å². The van der Waals surface area contributed by atoms with Crippen LogP contribution in [0.25, 0.3) is 0 Å². The molecule has 0 saturated heterocycles. The third-order valence-electron chi connectivity index (χ3n) is 19.9. The summed E-state index contributed by atoms with van der Waals surface area (Å²) in [5, 5.41) is 10.4. The van der Waals surface area contributed by atoms with Crippen molar-refractivity contribution < 1.29 is 9.59 Å². The Morgan fingerprint density at radius 1 is 0.311 bits per heavy atom. The van der Waals surface area contributed by atoms with E-state index in [0.717, 1.165) is 0 Å². The Morgan fingerprint density at radius 3 is 0.906 bits per heavy atom. The molecule has 11 aromatic rings. The summed E-state index contributed by atoms with van der Waals surface area (Å²) in [6, 6.07) is 37.7. The molecule has 0 fully saturated rings. The summed E-state index contributed by atoms with van der Waals surface area (Å²) in [4.78, 5) is 67.6. The van der Waals surface area contributed by atoms with Crippen LogP contribution in [0.15, 0.2) is 124 Å². The second-order valence-corrected chi connectivity index (χ2v) is 93.9. The van der Waals surface area contributed by atoms with E-state index in [-0.39, 0.29) is 11.6 Å². The van der Waals surface area contributed by atoms with Gasteiger partial charge in [-0.05, 0) is 131 Å². The van der Waals surface area contributed by atoms with E-state index in [1.54, 1.807) is 105 Å². The van der Waals surface area contributed by atoms with Gasteiger partial charge in [0.05, 0.1) is 21.6 Å².